The van der Waals surface area contributed by atoms with E-state index in [9.17, 15) is 9.18 Å². The Hall–Kier alpha value is -1.22. The van der Waals surface area contributed by atoms with E-state index in [4.69, 9.17) is 5.73 Å². The fourth-order valence-electron chi connectivity index (χ4n) is 1.27. The van der Waals surface area contributed by atoms with E-state index in [2.05, 4.69) is 0 Å². The molecule has 0 amide bonds. The minimum atomic E-state index is -0.383. The molecule has 0 radical (unpaired) electrons. The van der Waals surface area contributed by atoms with Crippen LogP contribution in [0.4, 0.5) is 4.39 Å². The Morgan fingerprint density at radius 3 is 2.67 bits per heavy atom. The third-order valence-corrected chi connectivity index (χ3v) is 2.34. The van der Waals surface area contributed by atoms with Gasteiger partial charge in [0.05, 0.1) is 0 Å². The number of halogens is 1. The van der Waals surface area contributed by atoms with Crippen LogP contribution in [0.3, 0.4) is 0 Å². The lowest BCUT2D eigenvalue weighted by molar-refractivity contribution is 0.0934. The van der Waals surface area contributed by atoms with Gasteiger partial charge in [0.2, 0.25) is 0 Å². The van der Waals surface area contributed by atoms with Crippen molar-refractivity contribution in [1.82, 2.24) is 0 Å². The van der Waals surface area contributed by atoms with Crippen LogP contribution in [0.25, 0.3) is 0 Å². The Morgan fingerprint density at radius 1 is 1.47 bits per heavy atom. The molecule has 0 aliphatic carbocycles. The first-order valence-corrected chi connectivity index (χ1v) is 4.93. The molecular formula is C12H16FNO. The molecular weight excluding hydrogens is 193 g/mol. The third kappa shape index (κ3) is 3.44. The highest BCUT2D eigenvalue weighted by molar-refractivity contribution is 5.96. The Bertz CT molecular complexity index is 360. The van der Waals surface area contributed by atoms with Crippen LogP contribution in [0.15, 0.2) is 24.3 Å². The minimum Gasteiger partial charge on any atom is -0.330 e. The number of ketones is 1. The normalized spacial score (nSPS) is 11.5. The Kier molecular flexibility index (Phi) is 3.58. The van der Waals surface area contributed by atoms with Crippen LogP contribution in [0.1, 0.15) is 30.6 Å². The summed E-state index contributed by atoms with van der Waals surface area (Å²) >= 11 is 0. The van der Waals surface area contributed by atoms with E-state index >= 15 is 0 Å². The van der Waals surface area contributed by atoms with Crippen molar-refractivity contribution < 1.29 is 9.18 Å². The SMILES string of the molecule is CC(C)(CN)CC(=O)c1cccc(F)c1. The van der Waals surface area contributed by atoms with Gasteiger partial charge in [-0.25, -0.2) is 4.39 Å². The predicted molar refractivity (Wildman–Crippen MR) is 58.2 cm³/mol. The first-order chi connectivity index (χ1) is 6.94. The summed E-state index contributed by atoms with van der Waals surface area (Å²) in [5.41, 5.74) is 5.72. The summed E-state index contributed by atoms with van der Waals surface area (Å²) in [6.45, 7) is 4.28. The van der Waals surface area contributed by atoms with E-state index in [-0.39, 0.29) is 17.0 Å². The molecule has 0 saturated heterocycles. The molecule has 0 spiro atoms. The quantitative estimate of drug-likeness (QED) is 0.774. The minimum absolute atomic E-state index is 0.0649. The Labute approximate surface area is 89.3 Å². The van der Waals surface area contributed by atoms with E-state index in [1.54, 1.807) is 6.07 Å². The van der Waals surface area contributed by atoms with Crippen LogP contribution in [0, 0.1) is 11.2 Å². The first kappa shape index (κ1) is 11.9. The van der Waals surface area contributed by atoms with Crippen LogP contribution in [-0.2, 0) is 0 Å². The fourth-order valence-corrected chi connectivity index (χ4v) is 1.27. The third-order valence-electron chi connectivity index (χ3n) is 2.34. The number of hydrogen-bond donors (Lipinski definition) is 1. The van der Waals surface area contributed by atoms with Gasteiger partial charge in [0, 0.05) is 12.0 Å². The van der Waals surface area contributed by atoms with Crippen molar-refractivity contribution in [3.05, 3.63) is 35.6 Å². The van der Waals surface area contributed by atoms with Crippen LogP contribution in [0.5, 0.6) is 0 Å². The van der Waals surface area contributed by atoms with Gasteiger partial charge in [0.1, 0.15) is 5.82 Å². The molecule has 15 heavy (non-hydrogen) atoms. The standard InChI is InChI=1S/C12H16FNO/c1-12(2,8-14)7-11(15)9-4-3-5-10(13)6-9/h3-6H,7-8,14H2,1-2H3. The lowest BCUT2D eigenvalue weighted by Crippen LogP contribution is -2.26. The van der Waals surface area contributed by atoms with E-state index in [0.717, 1.165) is 0 Å². The highest BCUT2D eigenvalue weighted by Crippen LogP contribution is 2.21. The number of nitrogens with two attached hydrogens (primary N) is 1. The van der Waals surface area contributed by atoms with Gasteiger partial charge in [-0.05, 0) is 24.1 Å². The number of Topliss-reactive ketones (excluding diaryl/α,β-unsaturated/α-hetero) is 1. The summed E-state index contributed by atoms with van der Waals surface area (Å²) in [6, 6.07) is 5.75. The van der Waals surface area contributed by atoms with Crippen molar-refractivity contribution in [1.29, 1.82) is 0 Å². The van der Waals surface area contributed by atoms with Gasteiger partial charge in [0.25, 0.3) is 0 Å². The van der Waals surface area contributed by atoms with Gasteiger partial charge in [-0.1, -0.05) is 26.0 Å². The van der Waals surface area contributed by atoms with Gasteiger partial charge >= 0.3 is 0 Å². The molecule has 82 valence electrons. The molecule has 0 aliphatic heterocycles. The van der Waals surface area contributed by atoms with E-state index < -0.39 is 0 Å². The molecule has 1 aromatic carbocycles. The molecule has 0 fully saturated rings. The van der Waals surface area contributed by atoms with Crippen molar-refractivity contribution in [2.75, 3.05) is 6.54 Å². The second-order valence-electron chi connectivity index (χ2n) is 4.48. The number of rotatable bonds is 4. The molecule has 0 atom stereocenters. The van der Waals surface area contributed by atoms with E-state index in [0.29, 0.717) is 18.5 Å². The highest BCUT2D eigenvalue weighted by Gasteiger charge is 2.21. The van der Waals surface area contributed by atoms with Crippen LogP contribution < -0.4 is 5.73 Å². The molecule has 0 aliphatic rings. The maximum absolute atomic E-state index is 12.9. The van der Waals surface area contributed by atoms with Crippen molar-refractivity contribution in [3.63, 3.8) is 0 Å². The largest absolute Gasteiger partial charge is 0.330 e. The predicted octanol–water partition coefficient (Wildman–Crippen LogP) is 2.38. The summed E-state index contributed by atoms with van der Waals surface area (Å²) < 4.78 is 12.9. The average Bonchev–Trinajstić information content (AvgIpc) is 2.17. The monoisotopic (exact) mass is 209 g/mol. The summed E-state index contributed by atoms with van der Waals surface area (Å²) in [7, 11) is 0. The number of benzene rings is 1. The second-order valence-corrected chi connectivity index (χ2v) is 4.48. The van der Waals surface area contributed by atoms with Gasteiger partial charge in [0.15, 0.2) is 5.78 Å². The number of hydrogen-bond acceptors (Lipinski definition) is 2. The molecule has 2 nitrogen and oxygen atoms in total. The van der Waals surface area contributed by atoms with Gasteiger partial charge in [-0.15, -0.1) is 0 Å². The van der Waals surface area contributed by atoms with Crippen LogP contribution in [0.2, 0.25) is 0 Å². The topological polar surface area (TPSA) is 43.1 Å². The molecule has 0 unspecified atom stereocenters. The zero-order chi connectivity index (χ0) is 11.5. The summed E-state index contributed by atoms with van der Waals surface area (Å²) in [5.74, 6) is -0.448. The number of carbonyl (C=O) groups excluding carboxylic acids is 1. The molecule has 3 heteroatoms. The van der Waals surface area contributed by atoms with Crippen LogP contribution >= 0.6 is 0 Å². The second kappa shape index (κ2) is 4.53. The van der Waals surface area contributed by atoms with Crippen molar-refractivity contribution in [2.45, 2.75) is 20.3 Å². The number of carbonyl (C=O) groups is 1. The Balaban J connectivity index is 2.78. The van der Waals surface area contributed by atoms with Gasteiger partial charge in [-0.2, -0.15) is 0 Å². The maximum Gasteiger partial charge on any atom is 0.163 e. The lowest BCUT2D eigenvalue weighted by Gasteiger charge is -2.20. The smallest absolute Gasteiger partial charge is 0.163 e. The summed E-state index contributed by atoms with van der Waals surface area (Å²) in [4.78, 5) is 11.7. The molecule has 0 bridgehead atoms. The molecule has 1 aromatic rings. The summed E-state index contributed by atoms with van der Waals surface area (Å²) in [5, 5.41) is 0. The highest BCUT2D eigenvalue weighted by atomic mass is 19.1. The lowest BCUT2D eigenvalue weighted by atomic mass is 9.86. The van der Waals surface area contributed by atoms with Gasteiger partial charge in [-0.3, -0.25) is 4.79 Å². The molecule has 0 saturated carbocycles. The zero-order valence-electron chi connectivity index (χ0n) is 9.09. The van der Waals surface area contributed by atoms with Crippen LogP contribution in [-0.4, -0.2) is 12.3 Å². The van der Waals surface area contributed by atoms with Crippen molar-refractivity contribution in [3.8, 4) is 0 Å². The molecule has 1 rings (SSSR count). The van der Waals surface area contributed by atoms with E-state index in [1.807, 2.05) is 13.8 Å². The molecule has 0 aromatic heterocycles. The average molecular weight is 209 g/mol. The molecule has 0 heterocycles. The maximum atomic E-state index is 12.9. The Morgan fingerprint density at radius 2 is 2.13 bits per heavy atom. The summed E-state index contributed by atoms with van der Waals surface area (Å²) in [6.07, 6.45) is 0.340. The zero-order valence-corrected chi connectivity index (χ0v) is 9.09. The fraction of sp³-hybridized carbons (Fsp3) is 0.417. The molecule has 2 N–H and O–H groups in total. The van der Waals surface area contributed by atoms with Gasteiger partial charge < -0.3 is 5.73 Å². The first-order valence-electron chi connectivity index (χ1n) is 4.93. The van der Waals surface area contributed by atoms with E-state index in [1.165, 1.54) is 18.2 Å². The van der Waals surface area contributed by atoms with Crippen molar-refractivity contribution in [2.24, 2.45) is 11.1 Å². The van der Waals surface area contributed by atoms with Crippen molar-refractivity contribution >= 4 is 5.78 Å².